The van der Waals surface area contributed by atoms with Crippen molar-refractivity contribution in [1.82, 2.24) is 0 Å². The molecule has 0 aromatic heterocycles. The predicted octanol–water partition coefficient (Wildman–Crippen LogP) is 2.07. The molecule has 0 bridgehead atoms. The van der Waals surface area contributed by atoms with E-state index >= 15 is 0 Å². The van der Waals surface area contributed by atoms with E-state index in [2.05, 4.69) is 0 Å². The lowest BCUT2D eigenvalue weighted by Gasteiger charge is -2.32. The first kappa shape index (κ1) is 11.6. The average Bonchev–Trinajstić information content (AvgIpc) is 2.36. The summed E-state index contributed by atoms with van der Waals surface area (Å²) in [6.07, 6.45) is 5.64. The third-order valence-corrected chi connectivity index (χ3v) is 3.53. The lowest BCUT2D eigenvalue weighted by molar-refractivity contribution is -0.114. The molecule has 3 nitrogen and oxygen atoms in total. The first-order valence-electron chi connectivity index (χ1n) is 5.57. The molecule has 1 aliphatic carbocycles. The molecule has 0 amide bonds. The first-order valence-corrected chi connectivity index (χ1v) is 5.57. The van der Waals surface area contributed by atoms with Gasteiger partial charge in [-0.25, -0.2) is 0 Å². The molecule has 0 atom stereocenters. The molecule has 0 aromatic carbocycles. The molecule has 2 aliphatic rings. The number of ketones is 1. The Kier molecular flexibility index (Phi) is 2.59. The van der Waals surface area contributed by atoms with Crippen LogP contribution in [0.3, 0.4) is 0 Å². The van der Waals surface area contributed by atoms with E-state index in [-0.39, 0.29) is 24.1 Å². The summed E-state index contributed by atoms with van der Waals surface area (Å²) >= 11 is 0. The van der Waals surface area contributed by atoms with Crippen molar-refractivity contribution in [3.05, 3.63) is 23.7 Å². The van der Waals surface area contributed by atoms with Gasteiger partial charge in [-0.2, -0.15) is 0 Å². The van der Waals surface area contributed by atoms with E-state index in [4.69, 9.17) is 9.31 Å². The molecule has 0 N–H and O–H groups in total. The third kappa shape index (κ3) is 1.87. The van der Waals surface area contributed by atoms with Gasteiger partial charge in [-0.1, -0.05) is 12.2 Å². The van der Waals surface area contributed by atoms with E-state index in [1.165, 1.54) is 0 Å². The van der Waals surface area contributed by atoms with Crippen LogP contribution in [0.2, 0.25) is 0 Å². The van der Waals surface area contributed by atoms with Crippen LogP contribution in [0.25, 0.3) is 0 Å². The second-order valence-corrected chi connectivity index (χ2v) is 5.33. The van der Waals surface area contributed by atoms with Crippen molar-refractivity contribution in [3.8, 4) is 0 Å². The van der Waals surface area contributed by atoms with Crippen LogP contribution in [0.15, 0.2) is 23.7 Å². The van der Waals surface area contributed by atoms with Gasteiger partial charge in [0.2, 0.25) is 0 Å². The van der Waals surface area contributed by atoms with E-state index in [0.29, 0.717) is 6.42 Å². The Morgan fingerprint density at radius 2 is 1.75 bits per heavy atom. The minimum atomic E-state index is -0.390. The first-order chi connectivity index (χ1) is 7.32. The molecule has 0 saturated carbocycles. The van der Waals surface area contributed by atoms with Gasteiger partial charge in [0, 0.05) is 6.42 Å². The van der Waals surface area contributed by atoms with Crippen molar-refractivity contribution < 1.29 is 14.1 Å². The molecule has 4 heteroatoms. The fraction of sp³-hybridized carbons (Fsp3) is 0.583. The summed E-state index contributed by atoms with van der Waals surface area (Å²) in [5.74, 6) is 0.104. The maximum atomic E-state index is 11.3. The monoisotopic (exact) mass is 220 g/mol. The zero-order chi connectivity index (χ0) is 12.0. The molecule has 2 rings (SSSR count). The van der Waals surface area contributed by atoms with Crippen LogP contribution in [0.4, 0.5) is 0 Å². The van der Waals surface area contributed by atoms with E-state index < -0.39 is 0 Å². The Morgan fingerprint density at radius 3 is 2.25 bits per heavy atom. The van der Waals surface area contributed by atoms with Crippen LogP contribution in [-0.4, -0.2) is 24.1 Å². The summed E-state index contributed by atoms with van der Waals surface area (Å²) in [5.41, 5.74) is 0.219. The zero-order valence-corrected chi connectivity index (χ0v) is 10.2. The Hall–Kier alpha value is -0.865. The summed E-state index contributed by atoms with van der Waals surface area (Å²) in [6, 6.07) is 0. The second-order valence-electron chi connectivity index (χ2n) is 5.33. The molecule has 1 fully saturated rings. The van der Waals surface area contributed by atoms with E-state index in [1.54, 1.807) is 12.2 Å². The van der Waals surface area contributed by atoms with Gasteiger partial charge in [0.15, 0.2) is 5.78 Å². The van der Waals surface area contributed by atoms with E-state index in [0.717, 1.165) is 5.47 Å². The van der Waals surface area contributed by atoms with Gasteiger partial charge in [-0.3, -0.25) is 4.79 Å². The molecule has 1 saturated heterocycles. The minimum absolute atomic E-state index is 0.104. The highest BCUT2D eigenvalue weighted by atomic mass is 16.7. The number of allylic oxidation sites excluding steroid dienone is 4. The number of carbonyl (C=O) groups excluding carboxylic acids is 1. The van der Waals surface area contributed by atoms with Crippen LogP contribution in [0.5, 0.6) is 0 Å². The molecular formula is C12H17BO3. The lowest BCUT2D eigenvalue weighted by atomic mass is 9.74. The van der Waals surface area contributed by atoms with Gasteiger partial charge in [-0.05, 0) is 39.2 Å². The second kappa shape index (κ2) is 3.57. The van der Waals surface area contributed by atoms with Crippen LogP contribution >= 0.6 is 0 Å². The maximum Gasteiger partial charge on any atom is 0.491 e. The highest BCUT2D eigenvalue weighted by Crippen LogP contribution is 2.39. The van der Waals surface area contributed by atoms with Crippen LogP contribution in [-0.2, 0) is 14.1 Å². The molecule has 86 valence electrons. The SMILES string of the molecule is CC1(C)OB(C2=CC=CC(=O)C2)OC1(C)C. The highest BCUT2D eigenvalue weighted by molar-refractivity contribution is 6.55. The van der Waals surface area contributed by atoms with Crippen molar-refractivity contribution in [2.75, 3.05) is 0 Å². The Balaban J connectivity index is 2.18. The highest BCUT2D eigenvalue weighted by Gasteiger charge is 2.52. The van der Waals surface area contributed by atoms with Crippen molar-refractivity contribution in [2.45, 2.75) is 45.3 Å². The van der Waals surface area contributed by atoms with Crippen molar-refractivity contribution >= 4 is 12.9 Å². The molecule has 0 unspecified atom stereocenters. The van der Waals surface area contributed by atoms with Gasteiger partial charge < -0.3 is 9.31 Å². The maximum absolute atomic E-state index is 11.3. The van der Waals surface area contributed by atoms with Gasteiger partial charge in [0.05, 0.1) is 11.2 Å². The van der Waals surface area contributed by atoms with Gasteiger partial charge >= 0.3 is 7.12 Å². The molecule has 0 spiro atoms. The molecule has 1 aliphatic heterocycles. The van der Waals surface area contributed by atoms with Crippen LogP contribution in [0.1, 0.15) is 34.1 Å². The fourth-order valence-corrected chi connectivity index (χ4v) is 1.75. The largest absolute Gasteiger partial charge is 0.491 e. The molecule has 0 radical (unpaired) electrons. The van der Waals surface area contributed by atoms with Crippen LogP contribution < -0.4 is 0 Å². The number of hydrogen-bond donors (Lipinski definition) is 0. The molecule has 1 heterocycles. The Bertz CT molecular complexity index is 364. The molecular weight excluding hydrogens is 203 g/mol. The van der Waals surface area contributed by atoms with Gasteiger partial charge in [0.1, 0.15) is 0 Å². The minimum Gasteiger partial charge on any atom is -0.400 e. The standard InChI is InChI=1S/C12H17BO3/c1-11(2)12(3,4)16-13(15-11)9-6-5-7-10(14)8-9/h5-7H,8H2,1-4H3. The topological polar surface area (TPSA) is 35.5 Å². The molecule has 0 aromatic rings. The zero-order valence-electron chi connectivity index (χ0n) is 10.2. The fourth-order valence-electron chi connectivity index (χ4n) is 1.75. The van der Waals surface area contributed by atoms with Crippen LogP contribution in [0, 0.1) is 0 Å². The summed E-state index contributed by atoms with van der Waals surface area (Å²) < 4.78 is 11.8. The third-order valence-electron chi connectivity index (χ3n) is 3.53. The van der Waals surface area contributed by atoms with E-state index in [9.17, 15) is 4.79 Å². The van der Waals surface area contributed by atoms with Crippen molar-refractivity contribution in [1.29, 1.82) is 0 Å². The number of carbonyl (C=O) groups is 1. The van der Waals surface area contributed by atoms with Crippen molar-refractivity contribution in [3.63, 3.8) is 0 Å². The quantitative estimate of drug-likeness (QED) is 0.634. The smallest absolute Gasteiger partial charge is 0.400 e. The normalized spacial score (nSPS) is 27.1. The Labute approximate surface area is 96.6 Å². The van der Waals surface area contributed by atoms with Gasteiger partial charge in [0.25, 0.3) is 0 Å². The Morgan fingerprint density at radius 1 is 1.19 bits per heavy atom. The summed E-state index contributed by atoms with van der Waals surface area (Å²) in [7, 11) is -0.390. The van der Waals surface area contributed by atoms with Crippen molar-refractivity contribution in [2.24, 2.45) is 0 Å². The number of rotatable bonds is 1. The lowest BCUT2D eigenvalue weighted by Crippen LogP contribution is -2.41. The summed E-state index contributed by atoms with van der Waals surface area (Å²) in [6.45, 7) is 8.03. The van der Waals surface area contributed by atoms with E-state index in [1.807, 2.05) is 33.8 Å². The van der Waals surface area contributed by atoms with Gasteiger partial charge in [-0.15, -0.1) is 0 Å². The predicted molar refractivity (Wildman–Crippen MR) is 62.9 cm³/mol. The molecule has 16 heavy (non-hydrogen) atoms. The summed E-state index contributed by atoms with van der Waals surface area (Å²) in [4.78, 5) is 11.3. The summed E-state index contributed by atoms with van der Waals surface area (Å²) in [5, 5.41) is 0. The average molecular weight is 220 g/mol. The number of hydrogen-bond acceptors (Lipinski definition) is 3.